The average Bonchev–Trinajstić information content (AvgIpc) is 2.94. The summed E-state index contributed by atoms with van der Waals surface area (Å²) in [6.45, 7) is 6.10. The number of halogens is 1. The van der Waals surface area contributed by atoms with Gasteiger partial charge in [-0.05, 0) is 44.4 Å². The Morgan fingerprint density at radius 2 is 2.15 bits per heavy atom. The van der Waals surface area contributed by atoms with Crippen molar-refractivity contribution in [2.24, 2.45) is 0 Å². The lowest BCUT2D eigenvalue weighted by molar-refractivity contribution is 0.0996. The molecule has 0 radical (unpaired) electrons. The van der Waals surface area contributed by atoms with Gasteiger partial charge in [0, 0.05) is 0 Å². The van der Waals surface area contributed by atoms with Crippen LogP contribution in [-0.4, -0.2) is 5.91 Å². The molecule has 1 amide bonds. The van der Waals surface area contributed by atoms with Crippen molar-refractivity contribution in [2.75, 3.05) is 5.32 Å². The zero-order chi connectivity index (χ0) is 14.9. The van der Waals surface area contributed by atoms with E-state index in [9.17, 15) is 10.1 Å². The molecule has 0 aliphatic heterocycles. The molecule has 2 heterocycles. The number of hydrogen-bond donors (Lipinski definition) is 1. The molecule has 6 heteroatoms. The molecule has 2 rings (SSSR count). The predicted molar refractivity (Wildman–Crippen MR) is 82.1 cm³/mol. The van der Waals surface area contributed by atoms with Crippen molar-refractivity contribution >= 4 is 38.2 Å². The van der Waals surface area contributed by atoms with Crippen LogP contribution in [0.25, 0.3) is 0 Å². The van der Waals surface area contributed by atoms with Gasteiger partial charge in [0.25, 0.3) is 5.91 Å². The third-order valence-corrected chi connectivity index (χ3v) is 4.06. The largest absolute Gasteiger partial charge is 0.444 e. The van der Waals surface area contributed by atoms with Gasteiger partial charge < -0.3 is 9.73 Å². The maximum absolute atomic E-state index is 12.0. The number of nitrogens with zero attached hydrogens (tertiary/aromatic N) is 1. The molecule has 4 nitrogen and oxygen atoms in total. The van der Waals surface area contributed by atoms with Gasteiger partial charge >= 0.3 is 0 Å². The van der Waals surface area contributed by atoms with E-state index in [4.69, 9.17) is 4.42 Å². The summed E-state index contributed by atoms with van der Waals surface area (Å²) in [6.07, 6.45) is 0. The topological polar surface area (TPSA) is 66.0 Å². The number of nitrogens with one attached hydrogen (secondary N) is 1. The fraction of sp³-hybridized carbons (Fsp3) is 0.286. The number of nitriles is 1. The van der Waals surface area contributed by atoms with Crippen LogP contribution in [0.1, 0.15) is 42.5 Å². The summed E-state index contributed by atoms with van der Waals surface area (Å²) < 4.78 is 5.68. The minimum atomic E-state index is -0.366. The number of carbonyl (C=O) groups excluding carboxylic acids is 1. The molecule has 0 aliphatic carbocycles. The van der Waals surface area contributed by atoms with Crippen LogP contribution in [0.2, 0.25) is 0 Å². The predicted octanol–water partition coefficient (Wildman–Crippen LogP) is 4.53. The molecule has 1 N–H and O–H groups in total. The summed E-state index contributed by atoms with van der Waals surface area (Å²) in [5, 5.41) is 14.5. The van der Waals surface area contributed by atoms with Crippen LogP contribution in [0.3, 0.4) is 0 Å². The summed E-state index contributed by atoms with van der Waals surface area (Å²) in [5.41, 5.74) is 1.31. The van der Waals surface area contributed by atoms with Crippen molar-refractivity contribution in [1.29, 1.82) is 5.26 Å². The molecule has 0 fully saturated rings. The summed E-state index contributed by atoms with van der Waals surface area (Å²) in [6, 6.07) is 5.39. The molecule has 0 saturated carbocycles. The van der Waals surface area contributed by atoms with Crippen molar-refractivity contribution in [1.82, 2.24) is 0 Å². The van der Waals surface area contributed by atoms with E-state index in [1.54, 1.807) is 12.1 Å². The molecule has 0 spiro atoms. The molecule has 0 bridgehead atoms. The van der Waals surface area contributed by atoms with Crippen LogP contribution in [0.5, 0.6) is 0 Å². The van der Waals surface area contributed by atoms with E-state index in [0.717, 1.165) is 5.56 Å². The zero-order valence-electron chi connectivity index (χ0n) is 11.3. The fourth-order valence-corrected chi connectivity index (χ4v) is 3.15. The summed E-state index contributed by atoms with van der Waals surface area (Å²) in [7, 11) is 0. The number of carbonyl (C=O) groups is 1. The number of thiophene rings is 1. The first-order valence-electron chi connectivity index (χ1n) is 5.91. The van der Waals surface area contributed by atoms with E-state index in [1.165, 1.54) is 11.3 Å². The van der Waals surface area contributed by atoms with Gasteiger partial charge in [0.15, 0.2) is 10.4 Å². The standard InChI is InChI=1S/C14H13BrN2O2S/c1-14(2,3)9-7-20-13(8(9)6-16)17-12(18)10-4-5-11(15)19-10/h4-5,7H,1-3H3,(H,17,18). The molecule has 0 aliphatic rings. The molecular weight excluding hydrogens is 340 g/mol. The first-order valence-corrected chi connectivity index (χ1v) is 7.59. The molecule has 0 unspecified atom stereocenters. The van der Waals surface area contributed by atoms with E-state index in [0.29, 0.717) is 15.2 Å². The zero-order valence-corrected chi connectivity index (χ0v) is 13.7. The van der Waals surface area contributed by atoms with Crippen LogP contribution in [0.15, 0.2) is 26.6 Å². The Bertz CT molecular complexity index is 689. The molecule has 0 aromatic carbocycles. The fourth-order valence-electron chi connectivity index (χ4n) is 1.71. The van der Waals surface area contributed by atoms with E-state index >= 15 is 0 Å². The molecule has 2 aromatic rings. The van der Waals surface area contributed by atoms with Crippen LogP contribution >= 0.6 is 27.3 Å². The Hall–Kier alpha value is -1.58. The lowest BCUT2D eigenvalue weighted by atomic mass is 9.86. The highest BCUT2D eigenvalue weighted by atomic mass is 79.9. The minimum absolute atomic E-state index is 0.141. The molecule has 2 aromatic heterocycles. The molecule has 0 atom stereocenters. The highest BCUT2D eigenvalue weighted by Crippen LogP contribution is 2.35. The van der Waals surface area contributed by atoms with Crippen LogP contribution in [0.4, 0.5) is 5.00 Å². The van der Waals surface area contributed by atoms with E-state index in [-0.39, 0.29) is 17.1 Å². The molecular formula is C14H13BrN2O2S. The van der Waals surface area contributed by atoms with Gasteiger partial charge in [-0.2, -0.15) is 5.26 Å². The summed E-state index contributed by atoms with van der Waals surface area (Å²) in [4.78, 5) is 12.0. The first-order chi connectivity index (χ1) is 9.32. The number of hydrogen-bond acceptors (Lipinski definition) is 4. The Balaban J connectivity index is 2.29. The minimum Gasteiger partial charge on any atom is -0.444 e. The lowest BCUT2D eigenvalue weighted by Gasteiger charge is -2.17. The maximum Gasteiger partial charge on any atom is 0.292 e. The number of anilines is 1. The maximum atomic E-state index is 12.0. The van der Waals surface area contributed by atoms with Gasteiger partial charge in [0.05, 0.1) is 5.56 Å². The highest BCUT2D eigenvalue weighted by molar-refractivity contribution is 9.10. The first kappa shape index (κ1) is 14.8. The van der Waals surface area contributed by atoms with Crippen LogP contribution in [0, 0.1) is 11.3 Å². The highest BCUT2D eigenvalue weighted by Gasteiger charge is 2.23. The Kier molecular flexibility index (Phi) is 4.02. The van der Waals surface area contributed by atoms with Crippen LogP contribution in [-0.2, 0) is 5.41 Å². The third-order valence-electron chi connectivity index (χ3n) is 2.73. The average molecular weight is 353 g/mol. The van der Waals surface area contributed by atoms with Gasteiger partial charge in [-0.15, -0.1) is 11.3 Å². The van der Waals surface area contributed by atoms with E-state index in [1.807, 2.05) is 26.2 Å². The van der Waals surface area contributed by atoms with Crippen LogP contribution < -0.4 is 5.32 Å². The SMILES string of the molecule is CC(C)(C)c1csc(NC(=O)c2ccc(Br)o2)c1C#N. The monoisotopic (exact) mass is 352 g/mol. The summed E-state index contributed by atoms with van der Waals surface area (Å²) in [5.74, 6) is -0.166. The number of rotatable bonds is 2. The Morgan fingerprint density at radius 1 is 1.45 bits per heavy atom. The number of furan rings is 1. The third kappa shape index (κ3) is 2.94. The summed E-state index contributed by atoms with van der Waals surface area (Å²) >= 11 is 4.50. The number of amides is 1. The Morgan fingerprint density at radius 3 is 2.65 bits per heavy atom. The normalized spacial score (nSPS) is 11.2. The van der Waals surface area contributed by atoms with Gasteiger partial charge in [0.1, 0.15) is 11.1 Å². The lowest BCUT2D eigenvalue weighted by Crippen LogP contribution is -2.14. The molecule has 104 valence electrons. The quantitative estimate of drug-likeness (QED) is 0.863. The van der Waals surface area contributed by atoms with Gasteiger partial charge in [-0.3, -0.25) is 4.79 Å². The van der Waals surface area contributed by atoms with E-state index in [2.05, 4.69) is 27.3 Å². The van der Waals surface area contributed by atoms with Gasteiger partial charge in [0.2, 0.25) is 0 Å². The van der Waals surface area contributed by atoms with Crippen molar-refractivity contribution in [2.45, 2.75) is 26.2 Å². The van der Waals surface area contributed by atoms with Crippen molar-refractivity contribution < 1.29 is 9.21 Å². The molecule has 20 heavy (non-hydrogen) atoms. The van der Waals surface area contributed by atoms with Crippen molar-refractivity contribution in [3.63, 3.8) is 0 Å². The van der Waals surface area contributed by atoms with Crippen molar-refractivity contribution in [3.05, 3.63) is 39.1 Å². The van der Waals surface area contributed by atoms with Gasteiger partial charge in [-0.1, -0.05) is 20.8 Å². The smallest absolute Gasteiger partial charge is 0.292 e. The van der Waals surface area contributed by atoms with Crippen molar-refractivity contribution in [3.8, 4) is 6.07 Å². The van der Waals surface area contributed by atoms with E-state index < -0.39 is 0 Å². The Labute approximate surface area is 129 Å². The second-order valence-corrected chi connectivity index (χ2v) is 6.93. The van der Waals surface area contributed by atoms with Gasteiger partial charge in [-0.25, -0.2) is 0 Å². The molecule has 0 saturated heterocycles. The second-order valence-electron chi connectivity index (χ2n) is 5.27. The second kappa shape index (κ2) is 5.43.